The van der Waals surface area contributed by atoms with Crippen molar-refractivity contribution in [1.82, 2.24) is 4.98 Å². The summed E-state index contributed by atoms with van der Waals surface area (Å²) in [5.41, 5.74) is 2.35. The van der Waals surface area contributed by atoms with Crippen LogP contribution in [-0.4, -0.2) is 11.3 Å². The van der Waals surface area contributed by atoms with Gasteiger partial charge < -0.3 is 9.78 Å². The highest BCUT2D eigenvalue weighted by atomic mass is 79.9. The van der Waals surface area contributed by atoms with Gasteiger partial charge in [0.1, 0.15) is 6.29 Å². The zero-order valence-corrected chi connectivity index (χ0v) is 9.88. The van der Waals surface area contributed by atoms with Crippen molar-refractivity contribution in [3.63, 3.8) is 0 Å². The van der Waals surface area contributed by atoms with E-state index < -0.39 is 0 Å². The lowest BCUT2D eigenvalue weighted by atomic mass is 10.2. The number of carbonyl (C=O) groups is 1. The minimum atomic E-state index is 0.638. The largest absolute Gasteiger partial charge is 0.358 e. The summed E-state index contributed by atoms with van der Waals surface area (Å²) < 4.78 is 1.09. The van der Waals surface area contributed by atoms with Gasteiger partial charge in [-0.1, -0.05) is 15.9 Å². The number of aromatic nitrogens is 1. The Morgan fingerprint density at radius 3 is 3.00 bits per heavy atom. The Balaban J connectivity index is 2.19. The van der Waals surface area contributed by atoms with Gasteiger partial charge >= 0.3 is 0 Å². The van der Waals surface area contributed by atoms with Crippen molar-refractivity contribution in [3.05, 3.63) is 34.4 Å². The number of unbranched alkanes of at least 4 members (excludes halogenated alkanes) is 1. The van der Waals surface area contributed by atoms with E-state index in [1.165, 1.54) is 11.1 Å². The number of aldehydes is 1. The van der Waals surface area contributed by atoms with E-state index in [1.54, 1.807) is 0 Å². The lowest BCUT2D eigenvalue weighted by Gasteiger charge is -1.92. The fourth-order valence-electron chi connectivity index (χ4n) is 1.67. The fourth-order valence-corrected chi connectivity index (χ4v) is 2.05. The summed E-state index contributed by atoms with van der Waals surface area (Å²) in [6.45, 7) is 0. The van der Waals surface area contributed by atoms with Crippen molar-refractivity contribution in [2.75, 3.05) is 0 Å². The molecule has 0 saturated carbocycles. The Hall–Kier alpha value is -1.09. The number of hydrogen-bond acceptors (Lipinski definition) is 1. The molecule has 2 aromatic rings. The minimum Gasteiger partial charge on any atom is -0.358 e. The third-order valence-corrected chi connectivity index (χ3v) is 2.90. The molecule has 0 spiro atoms. The second-order valence-electron chi connectivity index (χ2n) is 3.59. The first-order valence-corrected chi connectivity index (χ1v) is 5.79. The number of rotatable bonds is 4. The summed E-state index contributed by atoms with van der Waals surface area (Å²) in [7, 11) is 0. The first kappa shape index (κ1) is 10.4. The second-order valence-corrected chi connectivity index (χ2v) is 4.50. The molecule has 1 aromatic heterocycles. The number of carbonyl (C=O) groups excluding carboxylic acids is 1. The Bertz CT molecular complexity index is 475. The Labute approximate surface area is 96.8 Å². The van der Waals surface area contributed by atoms with Crippen LogP contribution in [0, 0.1) is 0 Å². The number of benzene rings is 1. The standard InChI is InChI=1S/C12H12BrNO/c13-10-4-5-12-9(7-10)8-11(14-12)3-1-2-6-15/h4-8,14H,1-3H2. The molecule has 0 fully saturated rings. The molecule has 1 heterocycles. The molecule has 0 saturated heterocycles. The van der Waals surface area contributed by atoms with E-state index in [2.05, 4.69) is 39.1 Å². The van der Waals surface area contributed by atoms with Crippen molar-refractivity contribution in [1.29, 1.82) is 0 Å². The van der Waals surface area contributed by atoms with Gasteiger partial charge in [0.25, 0.3) is 0 Å². The van der Waals surface area contributed by atoms with Crippen LogP contribution in [0.15, 0.2) is 28.7 Å². The van der Waals surface area contributed by atoms with Gasteiger partial charge in [-0.05, 0) is 37.1 Å². The SMILES string of the molecule is O=CCCCc1cc2cc(Br)ccc2[nH]1. The van der Waals surface area contributed by atoms with E-state index in [-0.39, 0.29) is 0 Å². The van der Waals surface area contributed by atoms with E-state index in [4.69, 9.17) is 0 Å². The van der Waals surface area contributed by atoms with Crippen LogP contribution in [-0.2, 0) is 11.2 Å². The molecule has 2 nitrogen and oxygen atoms in total. The number of aromatic amines is 1. The van der Waals surface area contributed by atoms with Crippen molar-refractivity contribution < 1.29 is 4.79 Å². The Morgan fingerprint density at radius 2 is 2.20 bits per heavy atom. The van der Waals surface area contributed by atoms with Crippen molar-refractivity contribution >= 4 is 33.1 Å². The summed E-state index contributed by atoms with van der Waals surface area (Å²) in [4.78, 5) is 13.5. The molecule has 1 aromatic carbocycles. The highest BCUT2D eigenvalue weighted by Gasteiger charge is 2.00. The van der Waals surface area contributed by atoms with Gasteiger partial charge in [0.05, 0.1) is 0 Å². The summed E-state index contributed by atoms with van der Waals surface area (Å²) in [6.07, 6.45) is 3.46. The average Bonchev–Trinajstić information content (AvgIpc) is 2.60. The van der Waals surface area contributed by atoms with Crippen molar-refractivity contribution in [3.8, 4) is 0 Å². The van der Waals surface area contributed by atoms with Gasteiger partial charge in [0, 0.05) is 27.5 Å². The monoisotopic (exact) mass is 265 g/mol. The lowest BCUT2D eigenvalue weighted by molar-refractivity contribution is -0.107. The van der Waals surface area contributed by atoms with Crippen molar-refractivity contribution in [2.24, 2.45) is 0 Å². The van der Waals surface area contributed by atoms with E-state index >= 15 is 0 Å². The smallest absolute Gasteiger partial charge is 0.120 e. The lowest BCUT2D eigenvalue weighted by Crippen LogP contribution is -1.85. The van der Waals surface area contributed by atoms with Gasteiger partial charge in [-0.3, -0.25) is 0 Å². The molecule has 3 heteroatoms. The number of nitrogens with one attached hydrogen (secondary N) is 1. The molecule has 0 aliphatic rings. The van der Waals surface area contributed by atoms with E-state index in [0.717, 1.165) is 29.1 Å². The highest BCUT2D eigenvalue weighted by Crippen LogP contribution is 2.21. The van der Waals surface area contributed by atoms with E-state index in [0.29, 0.717) is 6.42 Å². The summed E-state index contributed by atoms with van der Waals surface area (Å²) in [5, 5.41) is 1.21. The average molecular weight is 266 g/mol. The van der Waals surface area contributed by atoms with Crippen LogP contribution in [0.3, 0.4) is 0 Å². The van der Waals surface area contributed by atoms with Crippen molar-refractivity contribution in [2.45, 2.75) is 19.3 Å². The van der Waals surface area contributed by atoms with Gasteiger partial charge in [-0.15, -0.1) is 0 Å². The number of aryl methyl sites for hydroxylation is 1. The van der Waals surface area contributed by atoms with Gasteiger partial charge in [-0.25, -0.2) is 0 Å². The maximum Gasteiger partial charge on any atom is 0.120 e. The number of H-pyrrole nitrogens is 1. The van der Waals surface area contributed by atoms with Gasteiger partial charge in [0.2, 0.25) is 0 Å². The third-order valence-electron chi connectivity index (χ3n) is 2.41. The molecule has 0 unspecified atom stereocenters. The molecular formula is C12H12BrNO. The van der Waals surface area contributed by atoms with E-state index in [1.807, 2.05) is 6.07 Å². The summed E-state index contributed by atoms with van der Waals surface area (Å²) >= 11 is 3.45. The van der Waals surface area contributed by atoms with Crippen LogP contribution in [0.25, 0.3) is 10.9 Å². The summed E-state index contributed by atoms with van der Waals surface area (Å²) in [5.74, 6) is 0. The van der Waals surface area contributed by atoms with Crippen LogP contribution in [0.4, 0.5) is 0 Å². The zero-order valence-electron chi connectivity index (χ0n) is 8.29. The van der Waals surface area contributed by atoms with Gasteiger partial charge in [-0.2, -0.15) is 0 Å². The summed E-state index contributed by atoms with van der Waals surface area (Å²) in [6, 6.07) is 8.32. The molecule has 78 valence electrons. The molecule has 15 heavy (non-hydrogen) atoms. The molecular weight excluding hydrogens is 254 g/mol. The quantitative estimate of drug-likeness (QED) is 0.667. The van der Waals surface area contributed by atoms with Crippen LogP contribution < -0.4 is 0 Å². The predicted molar refractivity (Wildman–Crippen MR) is 65.0 cm³/mol. The van der Waals surface area contributed by atoms with E-state index in [9.17, 15) is 4.79 Å². The molecule has 0 aliphatic carbocycles. The number of hydrogen-bond donors (Lipinski definition) is 1. The third kappa shape index (κ3) is 2.48. The Kier molecular flexibility index (Phi) is 3.21. The first-order chi connectivity index (χ1) is 7.29. The minimum absolute atomic E-state index is 0.638. The first-order valence-electron chi connectivity index (χ1n) is 5.00. The maximum absolute atomic E-state index is 10.2. The normalized spacial score (nSPS) is 10.7. The molecule has 2 rings (SSSR count). The maximum atomic E-state index is 10.2. The van der Waals surface area contributed by atoms with Crippen LogP contribution >= 0.6 is 15.9 Å². The highest BCUT2D eigenvalue weighted by molar-refractivity contribution is 9.10. The molecule has 1 N–H and O–H groups in total. The molecule has 0 aliphatic heterocycles. The molecule has 0 bridgehead atoms. The van der Waals surface area contributed by atoms with Crippen LogP contribution in [0.1, 0.15) is 18.5 Å². The zero-order chi connectivity index (χ0) is 10.7. The second kappa shape index (κ2) is 4.62. The number of fused-ring (bicyclic) bond motifs is 1. The topological polar surface area (TPSA) is 32.9 Å². The Morgan fingerprint density at radius 1 is 1.33 bits per heavy atom. The number of halogens is 1. The molecule has 0 radical (unpaired) electrons. The predicted octanol–water partition coefficient (Wildman–Crippen LogP) is 3.45. The molecule has 0 amide bonds. The van der Waals surface area contributed by atoms with Crippen LogP contribution in [0.5, 0.6) is 0 Å². The van der Waals surface area contributed by atoms with Crippen LogP contribution in [0.2, 0.25) is 0 Å². The van der Waals surface area contributed by atoms with Gasteiger partial charge in [0.15, 0.2) is 0 Å². The molecule has 0 atom stereocenters. The fraction of sp³-hybridized carbons (Fsp3) is 0.250.